The normalized spacial score (nSPS) is 10.5. The first-order chi connectivity index (χ1) is 14.5. The molecule has 3 aromatic rings. The lowest BCUT2D eigenvalue weighted by atomic mass is 10.2. The Morgan fingerprint density at radius 1 is 1.27 bits per heavy atom. The van der Waals surface area contributed by atoms with Crippen LogP contribution in [0.1, 0.15) is 16.9 Å². The molecule has 0 aliphatic carbocycles. The Bertz CT molecular complexity index is 1040. The number of benzene rings is 1. The van der Waals surface area contributed by atoms with Crippen LogP contribution in [-0.4, -0.2) is 40.6 Å². The molecule has 3 N–H and O–H groups in total. The van der Waals surface area contributed by atoms with Crippen molar-refractivity contribution in [1.82, 2.24) is 9.97 Å². The number of aliphatic hydroxyl groups excluding tert-OH is 1. The Balaban J connectivity index is 1.91. The second kappa shape index (κ2) is 9.85. The predicted molar refractivity (Wildman–Crippen MR) is 107 cm³/mol. The molecule has 0 saturated carbocycles. The van der Waals surface area contributed by atoms with Crippen molar-refractivity contribution in [2.45, 2.75) is 6.42 Å². The average Bonchev–Trinajstić information content (AvgIpc) is 3.13. The van der Waals surface area contributed by atoms with E-state index in [1.54, 1.807) is 0 Å². The van der Waals surface area contributed by atoms with E-state index in [0.717, 1.165) is 23.5 Å². The highest BCUT2D eigenvalue weighted by molar-refractivity contribution is 7.19. The lowest BCUT2D eigenvalue weighted by Gasteiger charge is -2.11. The first-order valence-corrected chi connectivity index (χ1v) is 9.51. The van der Waals surface area contributed by atoms with Gasteiger partial charge in [0.15, 0.2) is 5.69 Å². The van der Waals surface area contributed by atoms with Gasteiger partial charge in [0.05, 0.1) is 18.4 Å². The average molecular weight is 434 g/mol. The van der Waals surface area contributed by atoms with Crippen LogP contribution in [0.2, 0.25) is 0 Å². The highest BCUT2D eigenvalue weighted by Crippen LogP contribution is 2.35. The zero-order chi connectivity index (χ0) is 21.5. The van der Waals surface area contributed by atoms with E-state index in [0.29, 0.717) is 18.6 Å². The van der Waals surface area contributed by atoms with E-state index in [-0.39, 0.29) is 34.6 Å². The molecule has 0 aliphatic heterocycles. The number of nitrogens with one attached hydrogen (secondary N) is 2. The minimum atomic E-state index is -0.847. The number of pyridine rings is 1. The number of aromatic nitrogens is 2. The van der Waals surface area contributed by atoms with Crippen molar-refractivity contribution < 1.29 is 28.2 Å². The van der Waals surface area contributed by atoms with E-state index in [2.05, 4.69) is 20.6 Å². The van der Waals surface area contributed by atoms with Gasteiger partial charge in [-0.15, -0.1) is 0 Å². The van der Waals surface area contributed by atoms with Gasteiger partial charge in [0.1, 0.15) is 33.1 Å². The van der Waals surface area contributed by atoms with Gasteiger partial charge >= 0.3 is 0 Å². The Kier molecular flexibility index (Phi) is 6.99. The number of hydrogen-bond acceptors (Lipinski definition) is 7. The minimum Gasteiger partial charge on any atom is -0.491 e. The fourth-order valence-electron chi connectivity index (χ4n) is 2.46. The molecule has 2 aromatic heterocycles. The number of halogens is 2. The number of ether oxygens (including phenoxy) is 1. The van der Waals surface area contributed by atoms with E-state index in [4.69, 9.17) is 9.84 Å². The van der Waals surface area contributed by atoms with Gasteiger partial charge in [-0.25, -0.2) is 13.8 Å². The van der Waals surface area contributed by atoms with Gasteiger partial charge in [-0.2, -0.15) is 0 Å². The molecular weight excluding hydrogens is 418 g/mol. The van der Waals surface area contributed by atoms with Crippen molar-refractivity contribution in [2.24, 2.45) is 0 Å². The third-order valence-electron chi connectivity index (χ3n) is 3.80. The molecule has 1 aromatic carbocycles. The van der Waals surface area contributed by atoms with Crippen molar-refractivity contribution in [3.05, 3.63) is 54.0 Å². The van der Waals surface area contributed by atoms with Crippen LogP contribution in [0, 0.1) is 11.6 Å². The molecule has 0 radical (unpaired) electrons. The highest BCUT2D eigenvalue weighted by Gasteiger charge is 2.23. The number of rotatable bonds is 9. The van der Waals surface area contributed by atoms with Crippen LogP contribution < -0.4 is 15.4 Å². The van der Waals surface area contributed by atoms with Crippen LogP contribution in [0.25, 0.3) is 10.6 Å². The minimum absolute atomic E-state index is 0.0202. The van der Waals surface area contributed by atoms with Gasteiger partial charge in [-0.05, 0) is 12.1 Å². The van der Waals surface area contributed by atoms with Gasteiger partial charge in [0.2, 0.25) is 6.41 Å². The van der Waals surface area contributed by atoms with E-state index >= 15 is 0 Å². The molecule has 0 saturated heterocycles. The highest BCUT2D eigenvalue weighted by atomic mass is 32.1. The number of carbonyl (C=O) groups excluding carboxylic acids is 2. The monoisotopic (exact) mass is 434 g/mol. The Morgan fingerprint density at radius 2 is 2.03 bits per heavy atom. The van der Waals surface area contributed by atoms with Gasteiger partial charge in [-0.3, -0.25) is 14.6 Å². The molecule has 0 spiro atoms. The zero-order valence-corrected chi connectivity index (χ0v) is 16.2. The number of nitrogens with zero attached hydrogens (tertiary/aromatic N) is 2. The standard InChI is InChI=1S/C19H16F2N4O4S/c20-11-3-1-4-12(21)15(11)18-25-16(19(30-18)23-10-27)17(28)24-13-9-22-6-5-14(13)29-8-2-7-26/h1,3-6,9-10,26H,2,7-8H2,(H,23,27)(H,24,28). The predicted octanol–water partition coefficient (Wildman–Crippen LogP) is 3.07. The second-order valence-electron chi connectivity index (χ2n) is 5.81. The summed E-state index contributed by atoms with van der Waals surface area (Å²) in [5.74, 6) is -2.12. The van der Waals surface area contributed by atoms with Crippen LogP contribution in [0.5, 0.6) is 5.75 Å². The van der Waals surface area contributed by atoms with Gasteiger partial charge in [0.25, 0.3) is 5.91 Å². The van der Waals surface area contributed by atoms with Crippen LogP contribution in [0.4, 0.5) is 19.5 Å². The van der Waals surface area contributed by atoms with Gasteiger partial charge < -0.3 is 20.5 Å². The van der Waals surface area contributed by atoms with Crippen molar-refractivity contribution >= 4 is 34.3 Å². The maximum absolute atomic E-state index is 14.1. The van der Waals surface area contributed by atoms with Crippen molar-refractivity contribution in [3.63, 3.8) is 0 Å². The Labute approximate surface area is 173 Å². The van der Waals surface area contributed by atoms with Crippen molar-refractivity contribution in [2.75, 3.05) is 23.8 Å². The summed E-state index contributed by atoms with van der Waals surface area (Å²) in [4.78, 5) is 31.7. The molecule has 0 bridgehead atoms. The largest absolute Gasteiger partial charge is 0.491 e. The summed E-state index contributed by atoms with van der Waals surface area (Å²) < 4.78 is 33.7. The van der Waals surface area contributed by atoms with Crippen molar-refractivity contribution in [1.29, 1.82) is 0 Å². The smallest absolute Gasteiger partial charge is 0.277 e. The molecule has 0 fully saturated rings. The fraction of sp³-hybridized carbons (Fsp3) is 0.158. The van der Waals surface area contributed by atoms with E-state index in [1.807, 2.05) is 0 Å². The molecule has 11 heteroatoms. The Morgan fingerprint density at radius 3 is 2.73 bits per heavy atom. The summed E-state index contributed by atoms with van der Waals surface area (Å²) in [6, 6.07) is 4.87. The summed E-state index contributed by atoms with van der Waals surface area (Å²) >= 11 is 0.757. The quantitative estimate of drug-likeness (QED) is 0.352. The second-order valence-corrected chi connectivity index (χ2v) is 6.81. The molecule has 2 amide bonds. The molecule has 30 heavy (non-hydrogen) atoms. The molecule has 3 rings (SSSR count). The van der Waals surface area contributed by atoms with Crippen LogP contribution in [0.15, 0.2) is 36.7 Å². The number of hydrogen-bond donors (Lipinski definition) is 3. The lowest BCUT2D eigenvalue weighted by Crippen LogP contribution is -2.15. The summed E-state index contributed by atoms with van der Waals surface area (Å²) in [6.45, 7) is 0.163. The maximum atomic E-state index is 14.1. The number of thiazole rings is 1. The summed E-state index contributed by atoms with van der Waals surface area (Å²) in [6.07, 6.45) is 3.54. The zero-order valence-electron chi connectivity index (χ0n) is 15.4. The van der Waals surface area contributed by atoms with E-state index in [1.165, 1.54) is 24.5 Å². The molecule has 156 valence electrons. The number of anilines is 2. The van der Waals surface area contributed by atoms with Gasteiger partial charge in [-0.1, -0.05) is 17.4 Å². The van der Waals surface area contributed by atoms with E-state index < -0.39 is 23.1 Å². The summed E-state index contributed by atoms with van der Waals surface area (Å²) in [5.41, 5.74) is -0.399. The topological polar surface area (TPSA) is 113 Å². The van der Waals surface area contributed by atoms with Crippen molar-refractivity contribution in [3.8, 4) is 16.3 Å². The lowest BCUT2D eigenvalue weighted by molar-refractivity contribution is -0.105. The van der Waals surface area contributed by atoms with E-state index in [9.17, 15) is 18.4 Å². The Hall–Kier alpha value is -3.44. The molecule has 0 atom stereocenters. The molecule has 0 aliphatic rings. The van der Waals surface area contributed by atoms with Crippen LogP contribution >= 0.6 is 11.3 Å². The first kappa shape index (κ1) is 21.3. The van der Waals surface area contributed by atoms with Gasteiger partial charge in [0, 0.05) is 25.3 Å². The third-order valence-corrected chi connectivity index (χ3v) is 4.80. The maximum Gasteiger partial charge on any atom is 0.277 e. The third kappa shape index (κ3) is 4.75. The SMILES string of the molecule is O=CNc1sc(-c2c(F)cccc2F)nc1C(=O)Nc1cnccc1OCCCO. The fourth-order valence-corrected chi connectivity index (χ4v) is 3.43. The molecule has 2 heterocycles. The van der Waals surface area contributed by atoms with Crippen LogP contribution in [0.3, 0.4) is 0 Å². The molecular formula is C19H16F2N4O4S. The summed E-state index contributed by atoms with van der Waals surface area (Å²) in [7, 11) is 0. The number of aliphatic hydroxyl groups is 1. The molecule has 8 nitrogen and oxygen atoms in total. The first-order valence-electron chi connectivity index (χ1n) is 8.69. The van der Waals surface area contributed by atoms with Crippen LogP contribution in [-0.2, 0) is 4.79 Å². The molecule has 0 unspecified atom stereocenters. The number of amides is 2. The summed E-state index contributed by atoms with van der Waals surface area (Å²) in [5, 5.41) is 13.7. The number of carbonyl (C=O) groups is 2.